The van der Waals surface area contributed by atoms with E-state index >= 15 is 0 Å². The highest BCUT2D eigenvalue weighted by atomic mass is 16.5. The van der Waals surface area contributed by atoms with E-state index in [4.69, 9.17) is 4.74 Å². The third-order valence-corrected chi connectivity index (χ3v) is 4.40. The summed E-state index contributed by atoms with van der Waals surface area (Å²) in [6, 6.07) is 9.48. The van der Waals surface area contributed by atoms with Gasteiger partial charge in [-0.15, -0.1) is 0 Å². The van der Waals surface area contributed by atoms with Crippen molar-refractivity contribution in [1.29, 1.82) is 0 Å². The molecular formula is C18H24N4O2. The number of benzene rings is 1. The van der Waals surface area contributed by atoms with Gasteiger partial charge in [-0.05, 0) is 30.2 Å². The summed E-state index contributed by atoms with van der Waals surface area (Å²) in [6.07, 6.45) is 3.81. The molecule has 1 aliphatic rings. The second kappa shape index (κ2) is 8.08. The predicted octanol–water partition coefficient (Wildman–Crippen LogP) is 1.73. The highest BCUT2D eigenvalue weighted by molar-refractivity contribution is 5.30. The van der Waals surface area contributed by atoms with Crippen LogP contribution < -0.4 is 9.64 Å². The normalized spacial score (nSPS) is 16.8. The summed E-state index contributed by atoms with van der Waals surface area (Å²) in [4.78, 5) is 13.2. The van der Waals surface area contributed by atoms with Crippen LogP contribution in [0.5, 0.6) is 5.75 Å². The Morgan fingerprint density at radius 2 is 1.88 bits per heavy atom. The van der Waals surface area contributed by atoms with Crippen LogP contribution in [0.15, 0.2) is 42.7 Å². The van der Waals surface area contributed by atoms with Gasteiger partial charge in [-0.25, -0.2) is 9.97 Å². The molecule has 1 unspecified atom stereocenters. The monoisotopic (exact) mass is 328 g/mol. The number of aliphatic hydroxyl groups is 1. The topological polar surface area (TPSA) is 61.7 Å². The smallest absolute Gasteiger partial charge is 0.225 e. The molecule has 1 aromatic carbocycles. The maximum atomic E-state index is 10.4. The van der Waals surface area contributed by atoms with Crippen molar-refractivity contribution in [3.63, 3.8) is 0 Å². The first-order chi connectivity index (χ1) is 11.8. The molecule has 0 spiro atoms. The van der Waals surface area contributed by atoms with E-state index in [2.05, 4.69) is 19.8 Å². The molecule has 3 rings (SSSR count). The SMILES string of the molecule is COc1cccc(C(O)CCN2CCN(c3ncccn3)CC2)c1. The third-order valence-electron chi connectivity index (χ3n) is 4.40. The van der Waals surface area contributed by atoms with Crippen molar-refractivity contribution in [1.82, 2.24) is 14.9 Å². The van der Waals surface area contributed by atoms with Crippen molar-refractivity contribution < 1.29 is 9.84 Å². The van der Waals surface area contributed by atoms with Gasteiger partial charge >= 0.3 is 0 Å². The Hall–Kier alpha value is -2.18. The summed E-state index contributed by atoms with van der Waals surface area (Å²) in [5.74, 6) is 1.58. The van der Waals surface area contributed by atoms with Crippen molar-refractivity contribution in [3.8, 4) is 5.75 Å². The molecule has 2 heterocycles. The predicted molar refractivity (Wildman–Crippen MR) is 93.3 cm³/mol. The van der Waals surface area contributed by atoms with E-state index in [0.29, 0.717) is 0 Å². The standard InChI is InChI=1S/C18H24N4O2/c1-24-16-5-2-4-15(14-16)17(23)6-9-21-10-12-22(13-11-21)18-19-7-3-8-20-18/h2-5,7-8,14,17,23H,6,9-13H2,1H3. The minimum atomic E-state index is -0.462. The van der Waals surface area contributed by atoms with Crippen LogP contribution in [0.3, 0.4) is 0 Å². The largest absolute Gasteiger partial charge is 0.497 e. The molecule has 1 aromatic heterocycles. The lowest BCUT2D eigenvalue weighted by atomic mass is 10.1. The van der Waals surface area contributed by atoms with Crippen molar-refractivity contribution in [3.05, 3.63) is 48.3 Å². The molecule has 0 aliphatic carbocycles. The highest BCUT2D eigenvalue weighted by Crippen LogP contribution is 2.22. The van der Waals surface area contributed by atoms with Crippen LogP contribution in [0.1, 0.15) is 18.1 Å². The lowest BCUT2D eigenvalue weighted by Crippen LogP contribution is -2.47. The number of ether oxygens (including phenoxy) is 1. The zero-order valence-corrected chi connectivity index (χ0v) is 14.0. The number of rotatable bonds is 6. The van der Waals surface area contributed by atoms with Gasteiger partial charge in [0.15, 0.2) is 0 Å². The Kier molecular flexibility index (Phi) is 5.61. The van der Waals surface area contributed by atoms with E-state index in [-0.39, 0.29) is 0 Å². The Bertz CT molecular complexity index is 630. The summed E-state index contributed by atoms with van der Waals surface area (Å²) in [5, 5.41) is 10.4. The first-order valence-electron chi connectivity index (χ1n) is 8.32. The van der Waals surface area contributed by atoms with Crippen LogP contribution in [0.2, 0.25) is 0 Å². The van der Waals surface area contributed by atoms with Gasteiger partial charge in [-0.1, -0.05) is 12.1 Å². The molecule has 1 N–H and O–H groups in total. The molecule has 0 amide bonds. The molecule has 1 saturated heterocycles. The first kappa shape index (κ1) is 16.7. The average molecular weight is 328 g/mol. The number of hydrogen-bond acceptors (Lipinski definition) is 6. The van der Waals surface area contributed by atoms with E-state index in [9.17, 15) is 5.11 Å². The van der Waals surface area contributed by atoms with E-state index in [0.717, 1.165) is 56.4 Å². The molecule has 0 saturated carbocycles. The summed E-state index contributed by atoms with van der Waals surface area (Å²) < 4.78 is 5.21. The molecule has 2 aromatic rings. The van der Waals surface area contributed by atoms with E-state index in [1.54, 1.807) is 19.5 Å². The van der Waals surface area contributed by atoms with Crippen LogP contribution in [0, 0.1) is 0 Å². The third kappa shape index (κ3) is 4.21. The van der Waals surface area contributed by atoms with Gasteiger partial charge in [0.2, 0.25) is 5.95 Å². The molecule has 24 heavy (non-hydrogen) atoms. The van der Waals surface area contributed by atoms with Gasteiger partial charge in [-0.2, -0.15) is 0 Å². The van der Waals surface area contributed by atoms with Gasteiger partial charge in [0.05, 0.1) is 13.2 Å². The van der Waals surface area contributed by atoms with Crippen LogP contribution in [0.4, 0.5) is 5.95 Å². The van der Waals surface area contributed by atoms with Crippen LogP contribution in [-0.4, -0.2) is 59.8 Å². The second-order valence-electron chi connectivity index (χ2n) is 5.96. The number of methoxy groups -OCH3 is 1. The van der Waals surface area contributed by atoms with Crippen LogP contribution in [-0.2, 0) is 0 Å². The number of aliphatic hydroxyl groups excluding tert-OH is 1. The lowest BCUT2D eigenvalue weighted by molar-refractivity contribution is 0.139. The molecule has 1 aliphatic heterocycles. The highest BCUT2D eigenvalue weighted by Gasteiger charge is 2.19. The summed E-state index contributed by atoms with van der Waals surface area (Å²) in [5.41, 5.74) is 0.908. The first-order valence-corrected chi connectivity index (χ1v) is 8.32. The Balaban J connectivity index is 1.46. The van der Waals surface area contributed by atoms with Crippen LogP contribution >= 0.6 is 0 Å². The van der Waals surface area contributed by atoms with Gasteiger partial charge in [0, 0.05) is 45.1 Å². The fourth-order valence-corrected chi connectivity index (χ4v) is 2.95. The van der Waals surface area contributed by atoms with E-state index < -0.39 is 6.10 Å². The second-order valence-corrected chi connectivity index (χ2v) is 5.96. The molecule has 0 bridgehead atoms. The number of anilines is 1. The Labute approximate surface area is 142 Å². The molecule has 0 radical (unpaired) electrons. The van der Waals surface area contributed by atoms with Crippen molar-refractivity contribution in [2.24, 2.45) is 0 Å². The van der Waals surface area contributed by atoms with Gasteiger partial charge in [0.1, 0.15) is 5.75 Å². The quantitative estimate of drug-likeness (QED) is 0.871. The summed E-state index contributed by atoms with van der Waals surface area (Å²) >= 11 is 0. The van der Waals surface area contributed by atoms with Gasteiger partial charge in [0.25, 0.3) is 0 Å². The number of nitrogens with zero attached hydrogens (tertiary/aromatic N) is 4. The maximum absolute atomic E-state index is 10.4. The number of hydrogen-bond donors (Lipinski definition) is 1. The van der Waals surface area contributed by atoms with Crippen molar-refractivity contribution in [2.45, 2.75) is 12.5 Å². The molecule has 128 valence electrons. The summed E-state index contributed by atoms with van der Waals surface area (Å²) in [7, 11) is 1.64. The molecule has 6 heteroatoms. The fourth-order valence-electron chi connectivity index (χ4n) is 2.95. The molecule has 6 nitrogen and oxygen atoms in total. The van der Waals surface area contributed by atoms with E-state index in [1.165, 1.54) is 0 Å². The molecule has 1 fully saturated rings. The average Bonchev–Trinajstić information content (AvgIpc) is 2.67. The van der Waals surface area contributed by atoms with Gasteiger partial charge < -0.3 is 14.7 Å². The number of piperazine rings is 1. The minimum absolute atomic E-state index is 0.462. The van der Waals surface area contributed by atoms with Crippen LogP contribution in [0.25, 0.3) is 0 Å². The van der Waals surface area contributed by atoms with E-state index in [1.807, 2.05) is 30.3 Å². The Morgan fingerprint density at radius 3 is 2.58 bits per heavy atom. The van der Waals surface area contributed by atoms with Crippen molar-refractivity contribution >= 4 is 5.95 Å². The number of aromatic nitrogens is 2. The summed E-state index contributed by atoms with van der Waals surface area (Å²) in [6.45, 7) is 4.63. The molecule has 1 atom stereocenters. The molecular weight excluding hydrogens is 304 g/mol. The maximum Gasteiger partial charge on any atom is 0.225 e. The fraction of sp³-hybridized carbons (Fsp3) is 0.444. The Morgan fingerprint density at radius 1 is 1.12 bits per heavy atom. The zero-order chi connectivity index (χ0) is 16.8. The van der Waals surface area contributed by atoms with Crippen molar-refractivity contribution in [2.75, 3.05) is 44.7 Å². The van der Waals surface area contributed by atoms with Gasteiger partial charge in [-0.3, -0.25) is 4.90 Å². The lowest BCUT2D eigenvalue weighted by Gasteiger charge is -2.35. The zero-order valence-electron chi connectivity index (χ0n) is 14.0. The minimum Gasteiger partial charge on any atom is -0.497 e.